The van der Waals surface area contributed by atoms with Crippen molar-refractivity contribution in [3.63, 3.8) is 0 Å². The monoisotopic (exact) mass is 435 g/mol. The minimum Gasteiger partial charge on any atom is -0.477 e. The molecule has 0 saturated heterocycles. The fourth-order valence-electron chi connectivity index (χ4n) is 3.13. The number of hydrogen-bond donors (Lipinski definition) is 1. The van der Waals surface area contributed by atoms with Gasteiger partial charge in [0.05, 0.1) is 13.2 Å². The van der Waals surface area contributed by atoms with Gasteiger partial charge in [-0.2, -0.15) is 0 Å². The molecule has 142 valence electrons. The van der Waals surface area contributed by atoms with Gasteiger partial charge < -0.3 is 19.5 Å². The Morgan fingerprint density at radius 1 is 1.26 bits per heavy atom. The fourth-order valence-corrected chi connectivity index (χ4v) is 3.48. The Kier molecular flexibility index (Phi) is 5.70. The van der Waals surface area contributed by atoms with Crippen LogP contribution in [0.3, 0.4) is 0 Å². The number of ether oxygens (including phenoxy) is 2. The lowest BCUT2D eigenvalue weighted by Crippen LogP contribution is -2.32. The van der Waals surface area contributed by atoms with Crippen molar-refractivity contribution < 1.29 is 23.8 Å². The number of halogens is 2. The molecule has 0 bridgehead atoms. The normalized spacial score (nSPS) is 16.1. The van der Waals surface area contributed by atoms with Crippen LogP contribution >= 0.6 is 15.9 Å². The van der Waals surface area contributed by atoms with Crippen molar-refractivity contribution in [2.75, 3.05) is 11.5 Å². The van der Waals surface area contributed by atoms with E-state index in [0.29, 0.717) is 19.0 Å². The van der Waals surface area contributed by atoms with Crippen LogP contribution in [0.15, 0.2) is 58.6 Å². The molecule has 2 aromatic carbocycles. The van der Waals surface area contributed by atoms with E-state index in [1.165, 1.54) is 12.1 Å². The molecule has 0 saturated carbocycles. The lowest BCUT2D eigenvalue weighted by atomic mass is 9.93. The number of benzene rings is 2. The summed E-state index contributed by atoms with van der Waals surface area (Å²) < 4.78 is 25.1. The average molecular weight is 436 g/mol. The zero-order valence-electron chi connectivity index (χ0n) is 14.9. The lowest BCUT2D eigenvalue weighted by Gasteiger charge is -2.36. The highest BCUT2D eigenvalue weighted by Gasteiger charge is 2.34. The third kappa shape index (κ3) is 4.08. The Balaban J connectivity index is 2.13. The van der Waals surface area contributed by atoms with Crippen LogP contribution in [0, 0.1) is 5.82 Å². The van der Waals surface area contributed by atoms with Crippen molar-refractivity contribution in [3.05, 3.63) is 75.5 Å². The SMILES string of the molecule is CCOC1=C(OC(=O)O)C(C)c2ccc(Br)cc2N1Cc1ccc(F)cc1. The molecule has 0 radical (unpaired) electrons. The van der Waals surface area contributed by atoms with Crippen molar-refractivity contribution >= 4 is 27.8 Å². The molecule has 2 aromatic rings. The molecule has 1 unspecified atom stereocenters. The van der Waals surface area contributed by atoms with Crippen molar-refractivity contribution in [1.82, 2.24) is 0 Å². The van der Waals surface area contributed by atoms with Crippen LogP contribution in [-0.2, 0) is 16.0 Å². The van der Waals surface area contributed by atoms with Crippen molar-refractivity contribution in [2.45, 2.75) is 26.3 Å². The summed E-state index contributed by atoms with van der Waals surface area (Å²) in [7, 11) is 0. The summed E-state index contributed by atoms with van der Waals surface area (Å²) in [6, 6.07) is 11.9. The van der Waals surface area contributed by atoms with Gasteiger partial charge >= 0.3 is 6.16 Å². The van der Waals surface area contributed by atoms with Crippen LogP contribution in [0.25, 0.3) is 0 Å². The molecule has 0 spiro atoms. The number of anilines is 1. The zero-order chi connectivity index (χ0) is 19.6. The van der Waals surface area contributed by atoms with E-state index < -0.39 is 6.16 Å². The first kappa shape index (κ1) is 19.2. The highest BCUT2D eigenvalue weighted by molar-refractivity contribution is 9.10. The van der Waals surface area contributed by atoms with Gasteiger partial charge in [-0.25, -0.2) is 9.18 Å². The Morgan fingerprint density at radius 3 is 2.59 bits per heavy atom. The molecule has 27 heavy (non-hydrogen) atoms. The molecular weight excluding hydrogens is 417 g/mol. The topological polar surface area (TPSA) is 59.0 Å². The van der Waals surface area contributed by atoms with Gasteiger partial charge in [-0.05, 0) is 42.3 Å². The van der Waals surface area contributed by atoms with Gasteiger partial charge in [0.1, 0.15) is 5.82 Å². The highest BCUT2D eigenvalue weighted by Crippen LogP contribution is 2.43. The first-order valence-electron chi connectivity index (χ1n) is 8.49. The summed E-state index contributed by atoms with van der Waals surface area (Å²) >= 11 is 3.49. The van der Waals surface area contributed by atoms with E-state index in [2.05, 4.69) is 15.9 Å². The zero-order valence-corrected chi connectivity index (χ0v) is 16.5. The van der Waals surface area contributed by atoms with Gasteiger partial charge in [0.25, 0.3) is 0 Å². The van der Waals surface area contributed by atoms with Crippen molar-refractivity contribution in [3.8, 4) is 0 Å². The smallest absolute Gasteiger partial charge is 0.477 e. The number of allylic oxidation sites excluding steroid dienone is 1. The van der Waals surface area contributed by atoms with Gasteiger partial charge in [-0.3, -0.25) is 0 Å². The molecule has 1 heterocycles. The maximum atomic E-state index is 13.3. The first-order valence-corrected chi connectivity index (χ1v) is 9.29. The minimum absolute atomic E-state index is 0.237. The second kappa shape index (κ2) is 8.00. The largest absolute Gasteiger partial charge is 0.511 e. The van der Waals surface area contributed by atoms with Crippen LogP contribution in [-0.4, -0.2) is 17.9 Å². The predicted molar refractivity (Wildman–Crippen MR) is 103 cm³/mol. The summed E-state index contributed by atoms with van der Waals surface area (Å²) in [6.07, 6.45) is -1.39. The van der Waals surface area contributed by atoms with E-state index in [-0.39, 0.29) is 17.5 Å². The van der Waals surface area contributed by atoms with Gasteiger partial charge in [0.2, 0.25) is 5.88 Å². The van der Waals surface area contributed by atoms with Crippen molar-refractivity contribution in [2.24, 2.45) is 0 Å². The second-order valence-electron chi connectivity index (χ2n) is 6.11. The molecule has 1 atom stereocenters. The Labute approximate surface area is 165 Å². The van der Waals surface area contributed by atoms with E-state index in [1.807, 2.05) is 36.9 Å². The van der Waals surface area contributed by atoms with E-state index in [1.54, 1.807) is 12.1 Å². The number of rotatable bonds is 5. The summed E-state index contributed by atoms with van der Waals surface area (Å²) in [4.78, 5) is 13.1. The summed E-state index contributed by atoms with van der Waals surface area (Å²) in [5, 5.41) is 9.19. The lowest BCUT2D eigenvalue weighted by molar-refractivity contribution is 0.101. The average Bonchev–Trinajstić information content (AvgIpc) is 2.63. The van der Waals surface area contributed by atoms with E-state index >= 15 is 0 Å². The van der Waals surface area contributed by atoms with E-state index in [4.69, 9.17) is 9.47 Å². The molecule has 1 aliphatic heterocycles. The number of nitrogens with zero attached hydrogens (tertiary/aromatic N) is 1. The number of fused-ring (bicyclic) bond motifs is 1. The molecular formula is C20H19BrFNO4. The van der Waals surface area contributed by atoms with Crippen LogP contribution in [0.5, 0.6) is 0 Å². The molecule has 3 rings (SSSR count). The Morgan fingerprint density at radius 2 is 1.96 bits per heavy atom. The van der Waals surface area contributed by atoms with Gasteiger partial charge in [0.15, 0.2) is 5.76 Å². The number of hydrogen-bond acceptors (Lipinski definition) is 4. The predicted octanol–water partition coefficient (Wildman–Crippen LogP) is 5.61. The molecule has 0 fully saturated rings. The molecule has 0 aromatic heterocycles. The van der Waals surface area contributed by atoms with Gasteiger partial charge in [-0.15, -0.1) is 0 Å². The van der Waals surface area contributed by atoms with E-state index in [9.17, 15) is 14.3 Å². The van der Waals surface area contributed by atoms with Gasteiger partial charge in [-0.1, -0.05) is 41.1 Å². The summed E-state index contributed by atoms with van der Waals surface area (Å²) in [5.41, 5.74) is 2.64. The standard InChI is InChI=1S/C20H19BrFNO4/c1-3-26-19-18(27-20(24)25)12(2)16-9-6-14(21)10-17(16)23(19)11-13-4-7-15(22)8-5-13/h4-10,12H,3,11H2,1-2H3,(H,24,25). The van der Waals surface area contributed by atoms with Crippen LogP contribution in [0.2, 0.25) is 0 Å². The van der Waals surface area contributed by atoms with E-state index in [0.717, 1.165) is 21.3 Å². The summed E-state index contributed by atoms with van der Waals surface area (Å²) in [6.45, 7) is 4.41. The third-order valence-corrected chi connectivity index (χ3v) is 4.82. The second-order valence-corrected chi connectivity index (χ2v) is 7.02. The third-order valence-electron chi connectivity index (χ3n) is 4.33. The van der Waals surface area contributed by atoms with Crippen molar-refractivity contribution in [1.29, 1.82) is 0 Å². The molecule has 0 amide bonds. The summed E-state index contributed by atoms with van der Waals surface area (Å²) in [5.74, 6) is -0.0246. The molecule has 0 aliphatic carbocycles. The van der Waals surface area contributed by atoms with Crippen LogP contribution < -0.4 is 4.90 Å². The Hall–Kier alpha value is -2.54. The van der Waals surface area contributed by atoms with Gasteiger partial charge in [0, 0.05) is 16.1 Å². The molecule has 7 heteroatoms. The quantitative estimate of drug-likeness (QED) is 0.618. The fraction of sp³-hybridized carbons (Fsp3) is 0.250. The molecule has 5 nitrogen and oxygen atoms in total. The first-order chi connectivity index (χ1) is 12.9. The Bertz CT molecular complexity index is 882. The maximum Gasteiger partial charge on any atom is 0.511 e. The molecule has 1 N–H and O–H groups in total. The number of carbonyl (C=O) groups is 1. The number of carboxylic acid groups (broad SMARTS) is 1. The van der Waals surface area contributed by atoms with Crippen LogP contribution in [0.1, 0.15) is 30.9 Å². The molecule has 1 aliphatic rings. The minimum atomic E-state index is -1.39. The van der Waals surface area contributed by atoms with Crippen LogP contribution in [0.4, 0.5) is 14.9 Å². The highest BCUT2D eigenvalue weighted by atomic mass is 79.9. The maximum absolute atomic E-state index is 13.3.